The van der Waals surface area contributed by atoms with Gasteiger partial charge >= 0.3 is 11.9 Å². The number of carboxylic acids is 2. The van der Waals surface area contributed by atoms with Crippen LogP contribution in [0.15, 0.2) is 24.3 Å². The van der Waals surface area contributed by atoms with Crippen molar-refractivity contribution in [1.82, 2.24) is 5.32 Å². The second-order valence-electron chi connectivity index (χ2n) is 6.56. The standard InChI is InChI=1S/C19H15I4NO9/c20-8-4-7(5-9(21)13(8)25)33-16-10(22)1-6(2-11(16)23)3-12(18(29)30)24-17(28)14(26)15(27)19(31)32/h1-2,4-5,12,14-15,25-27H,3H2,(H,24,28)(H,29,30)(H,31,32)/t12-,14+,15+/m0/s1. The Kier molecular flexibility index (Phi) is 10.6. The molecule has 0 bridgehead atoms. The number of phenolic OH excluding ortho intramolecular Hbond substituents is 1. The number of aliphatic carboxylic acids is 2. The third-order valence-corrected chi connectivity index (χ3v) is 7.39. The minimum absolute atomic E-state index is 0.158. The Bertz CT molecular complexity index is 1050. The number of carbonyl (C=O) groups is 3. The molecule has 0 fully saturated rings. The lowest BCUT2D eigenvalue weighted by atomic mass is 10.0. The van der Waals surface area contributed by atoms with E-state index in [4.69, 9.17) is 9.84 Å². The van der Waals surface area contributed by atoms with Crippen molar-refractivity contribution in [2.24, 2.45) is 0 Å². The summed E-state index contributed by atoms with van der Waals surface area (Å²) in [6.45, 7) is 0. The van der Waals surface area contributed by atoms with E-state index in [0.29, 0.717) is 31.3 Å². The summed E-state index contributed by atoms with van der Waals surface area (Å²) in [7, 11) is 0. The molecule has 0 saturated heterocycles. The van der Waals surface area contributed by atoms with Crippen LogP contribution in [0, 0.1) is 14.3 Å². The van der Waals surface area contributed by atoms with Crippen LogP contribution in [0.4, 0.5) is 0 Å². The summed E-state index contributed by atoms with van der Waals surface area (Å²) in [5.74, 6) is -3.36. The highest BCUT2D eigenvalue weighted by Gasteiger charge is 2.32. The van der Waals surface area contributed by atoms with Crippen LogP contribution in [0.5, 0.6) is 17.2 Å². The van der Waals surface area contributed by atoms with Crippen LogP contribution >= 0.6 is 90.4 Å². The number of halogens is 4. The molecule has 2 rings (SSSR count). The molecule has 0 aliphatic rings. The van der Waals surface area contributed by atoms with E-state index < -0.39 is 36.1 Å². The van der Waals surface area contributed by atoms with Crippen LogP contribution in [0.2, 0.25) is 0 Å². The normalized spacial score (nSPS) is 13.6. The van der Waals surface area contributed by atoms with Crippen LogP contribution in [-0.4, -0.2) is 61.6 Å². The number of benzene rings is 2. The number of aliphatic hydroxyl groups is 2. The Balaban J connectivity index is 2.22. The zero-order valence-corrected chi connectivity index (χ0v) is 24.8. The Morgan fingerprint density at radius 3 is 1.82 bits per heavy atom. The molecule has 3 atom stereocenters. The van der Waals surface area contributed by atoms with Gasteiger partial charge in [0.2, 0.25) is 0 Å². The number of rotatable bonds is 9. The van der Waals surface area contributed by atoms with Gasteiger partial charge in [-0.1, -0.05) is 0 Å². The Morgan fingerprint density at radius 2 is 1.36 bits per heavy atom. The summed E-state index contributed by atoms with van der Waals surface area (Å²) >= 11 is 8.02. The van der Waals surface area contributed by atoms with Gasteiger partial charge < -0.3 is 35.6 Å². The molecule has 0 unspecified atom stereocenters. The topological polar surface area (TPSA) is 174 Å². The summed E-state index contributed by atoms with van der Waals surface area (Å²) in [5.41, 5.74) is 0.534. The van der Waals surface area contributed by atoms with Crippen molar-refractivity contribution in [2.45, 2.75) is 24.7 Å². The van der Waals surface area contributed by atoms with E-state index >= 15 is 0 Å². The van der Waals surface area contributed by atoms with Crippen molar-refractivity contribution in [1.29, 1.82) is 0 Å². The molecule has 0 aromatic heterocycles. The summed E-state index contributed by atoms with van der Waals surface area (Å²) in [5, 5.41) is 49.0. The summed E-state index contributed by atoms with van der Waals surface area (Å²) in [6.07, 6.45) is -4.88. The van der Waals surface area contributed by atoms with Crippen molar-refractivity contribution in [3.63, 3.8) is 0 Å². The highest BCUT2D eigenvalue weighted by molar-refractivity contribution is 14.1. The second-order valence-corrected chi connectivity index (χ2v) is 11.2. The van der Waals surface area contributed by atoms with Crippen LogP contribution in [-0.2, 0) is 20.8 Å². The van der Waals surface area contributed by atoms with Gasteiger partial charge in [0.25, 0.3) is 5.91 Å². The first-order valence-corrected chi connectivity index (χ1v) is 13.1. The molecule has 2 aromatic carbocycles. The maximum Gasteiger partial charge on any atom is 0.335 e. The molecule has 178 valence electrons. The molecule has 33 heavy (non-hydrogen) atoms. The fourth-order valence-corrected chi connectivity index (χ4v) is 6.35. The summed E-state index contributed by atoms with van der Waals surface area (Å²) < 4.78 is 8.52. The lowest BCUT2D eigenvalue weighted by Crippen LogP contribution is -2.51. The number of nitrogens with one attached hydrogen (secondary N) is 1. The minimum atomic E-state index is -2.39. The molecule has 2 aromatic rings. The molecule has 0 aliphatic carbocycles. The van der Waals surface area contributed by atoms with Gasteiger partial charge in [0, 0.05) is 6.42 Å². The molecule has 14 heteroatoms. The number of carboxylic acid groups (broad SMARTS) is 2. The lowest BCUT2D eigenvalue weighted by Gasteiger charge is -2.19. The zero-order chi connectivity index (χ0) is 25.0. The van der Waals surface area contributed by atoms with Gasteiger partial charge in [-0.25, -0.2) is 9.59 Å². The van der Waals surface area contributed by atoms with E-state index in [1.807, 2.05) is 95.7 Å². The Hall–Kier alpha value is -0.710. The molecule has 1 amide bonds. The predicted molar refractivity (Wildman–Crippen MR) is 148 cm³/mol. The van der Waals surface area contributed by atoms with E-state index in [1.54, 1.807) is 24.3 Å². The van der Waals surface area contributed by atoms with Crippen molar-refractivity contribution in [3.8, 4) is 17.2 Å². The summed E-state index contributed by atoms with van der Waals surface area (Å²) in [4.78, 5) is 34.3. The fourth-order valence-electron chi connectivity index (χ4n) is 2.52. The molecule has 0 heterocycles. The maximum atomic E-state index is 12.0. The largest absolute Gasteiger partial charge is 0.506 e. The zero-order valence-electron chi connectivity index (χ0n) is 16.1. The van der Waals surface area contributed by atoms with Gasteiger partial charge in [0.05, 0.1) is 14.3 Å². The van der Waals surface area contributed by atoms with Gasteiger partial charge in [-0.3, -0.25) is 4.79 Å². The van der Waals surface area contributed by atoms with E-state index in [2.05, 4.69) is 0 Å². The van der Waals surface area contributed by atoms with Crippen LogP contribution < -0.4 is 10.1 Å². The van der Waals surface area contributed by atoms with E-state index in [-0.39, 0.29) is 12.2 Å². The monoisotopic (exact) mass is 909 g/mol. The van der Waals surface area contributed by atoms with Gasteiger partial charge in [0.1, 0.15) is 17.5 Å². The van der Waals surface area contributed by atoms with Crippen molar-refractivity contribution < 1.29 is 44.7 Å². The van der Waals surface area contributed by atoms with Crippen molar-refractivity contribution in [3.05, 3.63) is 44.1 Å². The third kappa shape index (κ3) is 7.64. The van der Waals surface area contributed by atoms with Crippen molar-refractivity contribution in [2.75, 3.05) is 0 Å². The van der Waals surface area contributed by atoms with Crippen molar-refractivity contribution >= 4 is 108 Å². The molecular weight excluding hydrogens is 894 g/mol. The number of aromatic hydroxyl groups is 1. The first kappa shape index (κ1) is 28.5. The van der Waals surface area contributed by atoms with Gasteiger partial charge in [-0.15, -0.1) is 0 Å². The molecule has 0 radical (unpaired) electrons. The SMILES string of the molecule is O=C(O)[C@H](Cc1cc(I)c(Oc2cc(I)c(O)c(I)c2)c(I)c1)NC(=O)[C@H](O)[C@@H](O)C(=O)O. The van der Waals surface area contributed by atoms with Crippen LogP contribution in [0.25, 0.3) is 0 Å². The first-order chi connectivity index (χ1) is 15.3. The quantitative estimate of drug-likeness (QED) is 0.207. The smallest absolute Gasteiger partial charge is 0.335 e. The summed E-state index contributed by atoms with van der Waals surface area (Å²) in [6, 6.07) is 5.19. The first-order valence-electron chi connectivity index (χ1n) is 8.77. The van der Waals surface area contributed by atoms with E-state index in [0.717, 1.165) is 0 Å². The Labute approximate surface area is 241 Å². The molecule has 10 nitrogen and oxygen atoms in total. The fraction of sp³-hybridized carbons (Fsp3) is 0.211. The average molecular weight is 909 g/mol. The highest BCUT2D eigenvalue weighted by atomic mass is 127. The maximum absolute atomic E-state index is 12.0. The molecule has 0 spiro atoms. The van der Waals surface area contributed by atoms with Crippen LogP contribution in [0.1, 0.15) is 5.56 Å². The van der Waals surface area contributed by atoms with Gasteiger partial charge in [-0.2, -0.15) is 0 Å². The highest BCUT2D eigenvalue weighted by Crippen LogP contribution is 2.37. The number of hydrogen-bond donors (Lipinski definition) is 6. The van der Waals surface area contributed by atoms with Gasteiger partial charge in [-0.05, 0) is 120 Å². The average Bonchev–Trinajstić information content (AvgIpc) is 2.72. The number of phenols is 1. The molecule has 0 aliphatic heterocycles. The number of ether oxygens (including phenoxy) is 1. The second kappa shape index (κ2) is 12.3. The lowest BCUT2D eigenvalue weighted by molar-refractivity contribution is -0.158. The van der Waals surface area contributed by atoms with E-state index in [9.17, 15) is 34.8 Å². The Morgan fingerprint density at radius 1 is 0.848 bits per heavy atom. The predicted octanol–water partition coefficient (Wildman–Crippen LogP) is 2.52. The number of amides is 1. The third-order valence-electron chi connectivity index (χ3n) is 4.14. The van der Waals surface area contributed by atoms with E-state index in [1.165, 1.54) is 0 Å². The number of aliphatic hydroxyl groups excluding tert-OH is 2. The number of carbonyl (C=O) groups excluding carboxylic acids is 1. The minimum Gasteiger partial charge on any atom is -0.506 e. The van der Waals surface area contributed by atoms with Gasteiger partial charge in [0.15, 0.2) is 18.0 Å². The van der Waals surface area contributed by atoms with Crippen LogP contribution in [0.3, 0.4) is 0 Å². The molecule has 6 N–H and O–H groups in total. The number of hydrogen-bond acceptors (Lipinski definition) is 7. The molecule has 0 saturated carbocycles. The molecular formula is C19H15I4NO9.